The molecule has 4 rings (SSSR count). The van der Waals surface area contributed by atoms with Crippen molar-refractivity contribution < 1.29 is 4.79 Å². The van der Waals surface area contributed by atoms with Crippen molar-refractivity contribution in [2.45, 2.75) is 26.3 Å². The molecule has 0 saturated carbocycles. The number of carbonyl (C=O) groups is 1. The average Bonchev–Trinajstić information content (AvgIpc) is 3.28. The van der Waals surface area contributed by atoms with E-state index in [1.165, 1.54) is 30.4 Å². The molecule has 29 heavy (non-hydrogen) atoms. The molecule has 0 aliphatic carbocycles. The number of benzene rings is 2. The highest BCUT2D eigenvalue weighted by Crippen LogP contribution is 2.23. The van der Waals surface area contributed by atoms with Gasteiger partial charge in [0.15, 0.2) is 0 Å². The Bertz CT molecular complexity index is 981. The highest BCUT2D eigenvalue weighted by Gasteiger charge is 2.12. The first-order valence-corrected chi connectivity index (χ1v) is 9.95. The van der Waals surface area contributed by atoms with Gasteiger partial charge in [-0.05, 0) is 49.6 Å². The van der Waals surface area contributed by atoms with Crippen molar-refractivity contribution >= 4 is 23.1 Å². The van der Waals surface area contributed by atoms with Crippen LogP contribution in [0.1, 0.15) is 34.5 Å². The topological polar surface area (TPSA) is 70.2 Å². The first-order valence-electron chi connectivity index (χ1n) is 9.95. The van der Waals surface area contributed by atoms with E-state index in [4.69, 9.17) is 0 Å². The molecule has 2 aromatic carbocycles. The molecule has 3 aromatic rings. The fourth-order valence-electron chi connectivity index (χ4n) is 3.52. The van der Waals surface area contributed by atoms with E-state index in [0.29, 0.717) is 18.1 Å². The van der Waals surface area contributed by atoms with Crippen LogP contribution >= 0.6 is 0 Å². The molecular formula is C23H25N5O. The molecule has 0 spiro atoms. The van der Waals surface area contributed by atoms with Gasteiger partial charge < -0.3 is 15.5 Å². The highest BCUT2D eigenvalue weighted by molar-refractivity contribution is 5.92. The number of carbonyl (C=O) groups excluding carboxylic acids is 1. The second-order valence-corrected chi connectivity index (χ2v) is 7.33. The van der Waals surface area contributed by atoms with E-state index in [0.717, 1.165) is 24.3 Å². The first-order chi connectivity index (χ1) is 14.2. The van der Waals surface area contributed by atoms with Crippen LogP contribution in [0.4, 0.5) is 17.2 Å². The normalized spacial score (nSPS) is 13.3. The van der Waals surface area contributed by atoms with Gasteiger partial charge in [0.25, 0.3) is 5.91 Å². The smallest absolute Gasteiger partial charge is 0.270 e. The van der Waals surface area contributed by atoms with Crippen LogP contribution in [0, 0.1) is 6.92 Å². The van der Waals surface area contributed by atoms with E-state index < -0.39 is 0 Å². The number of aryl methyl sites for hydroxylation is 1. The maximum Gasteiger partial charge on any atom is 0.270 e. The standard InChI is InChI=1S/C23H25N5O/c1-17-5-4-6-18(13-17)15-24-23(29)21-14-22(26-16-25-21)27-19-7-9-20(10-8-19)28-11-2-3-12-28/h4-10,13-14,16H,2-3,11-12,15H2,1H3,(H,24,29)(H,25,26,27). The minimum absolute atomic E-state index is 0.221. The molecule has 1 amide bonds. The molecule has 6 heteroatoms. The summed E-state index contributed by atoms with van der Waals surface area (Å²) >= 11 is 0. The van der Waals surface area contributed by atoms with E-state index in [1.807, 2.05) is 37.3 Å². The zero-order valence-electron chi connectivity index (χ0n) is 16.6. The Labute approximate surface area is 171 Å². The Hall–Kier alpha value is -3.41. The Morgan fingerprint density at radius 1 is 1.03 bits per heavy atom. The van der Waals surface area contributed by atoms with Crippen molar-refractivity contribution in [2.24, 2.45) is 0 Å². The molecule has 1 aliphatic heterocycles. The van der Waals surface area contributed by atoms with Gasteiger partial charge in [-0.1, -0.05) is 29.8 Å². The van der Waals surface area contributed by atoms with E-state index in [-0.39, 0.29) is 5.91 Å². The highest BCUT2D eigenvalue weighted by atomic mass is 16.1. The predicted molar refractivity (Wildman–Crippen MR) is 116 cm³/mol. The van der Waals surface area contributed by atoms with E-state index in [9.17, 15) is 4.79 Å². The molecule has 2 N–H and O–H groups in total. The Morgan fingerprint density at radius 2 is 1.83 bits per heavy atom. The quantitative estimate of drug-likeness (QED) is 0.667. The number of nitrogens with zero attached hydrogens (tertiary/aromatic N) is 3. The molecule has 1 fully saturated rings. The van der Waals surface area contributed by atoms with Gasteiger partial charge in [0.2, 0.25) is 0 Å². The maximum atomic E-state index is 12.5. The Balaban J connectivity index is 1.38. The summed E-state index contributed by atoms with van der Waals surface area (Å²) in [5.41, 5.74) is 4.73. The number of aromatic nitrogens is 2. The number of anilines is 3. The molecular weight excluding hydrogens is 362 g/mol. The third-order valence-corrected chi connectivity index (χ3v) is 5.05. The molecule has 0 atom stereocenters. The van der Waals surface area contributed by atoms with Gasteiger partial charge in [-0.15, -0.1) is 0 Å². The van der Waals surface area contributed by atoms with Crippen molar-refractivity contribution in [3.8, 4) is 0 Å². The van der Waals surface area contributed by atoms with Gasteiger partial charge in [0.1, 0.15) is 17.8 Å². The van der Waals surface area contributed by atoms with Crippen LogP contribution in [0.5, 0.6) is 0 Å². The lowest BCUT2D eigenvalue weighted by atomic mass is 10.1. The molecule has 2 heterocycles. The third-order valence-electron chi connectivity index (χ3n) is 5.05. The van der Waals surface area contributed by atoms with Gasteiger partial charge in [-0.3, -0.25) is 4.79 Å². The largest absolute Gasteiger partial charge is 0.372 e. The van der Waals surface area contributed by atoms with Crippen molar-refractivity contribution in [1.82, 2.24) is 15.3 Å². The van der Waals surface area contributed by atoms with Crippen molar-refractivity contribution in [3.63, 3.8) is 0 Å². The maximum absolute atomic E-state index is 12.5. The molecule has 1 aliphatic rings. The van der Waals surface area contributed by atoms with Crippen LogP contribution < -0.4 is 15.5 Å². The van der Waals surface area contributed by atoms with Crippen molar-refractivity contribution in [1.29, 1.82) is 0 Å². The molecule has 1 saturated heterocycles. The number of amides is 1. The van der Waals surface area contributed by atoms with Crippen LogP contribution in [0.2, 0.25) is 0 Å². The number of nitrogens with one attached hydrogen (secondary N) is 2. The zero-order valence-corrected chi connectivity index (χ0v) is 16.6. The van der Waals surface area contributed by atoms with E-state index in [2.05, 4.69) is 43.7 Å². The van der Waals surface area contributed by atoms with Crippen LogP contribution in [0.15, 0.2) is 60.9 Å². The minimum atomic E-state index is -0.221. The summed E-state index contributed by atoms with van der Waals surface area (Å²) in [6.45, 7) is 4.75. The zero-order chi connectivity index (χ0) is 20.1. The van der Waals surface area contributed by atoms with Crippen LogP contribution in [0.25, 0.3) is 0 Å². The summed E-state index contributed by atoms with van der Waals surface area (Å²) < 4.78 is 0. The lowest BCUT2D eigenvalue weighted by molar-refractivity contribution is 0.0946. The van der Waals surface area contributed by atoms with E-state index in [1.54, 1.807) is 6.07 Å². The summed E-state index contributed by atoms with van der Waals surface area (Å²) in [5, 5.41) is 6.16. The fraction of sp³-hybridized carbons (Fsp3) is 0.261. The van der Waals surface area contributed by atoms with Crippen molar-refractivity contribution in [3.05, 3.63) is 77.7 Å². The summed E-state index contributed by atoms with van der Waals surface area (Å²) in [6.07, 6.45) is 3.92. The SMILES string of the molecule is Cc1cccc(CNC(=O)c2cc(Nc3ccc(N4CCCC4)cc3)ncn2)c1. The third kappa shape index (κ3) is 4.90. The fourth-order valence-corrected chi connectivity index (χ4v) is 3.52. The molecule has 0 unspecified atom stereocenters. The van der Waals surface area contributed by atoms with Gasteiger partial charge in [0.05, 0.1) is 0 Å². The monoisotopic (exact) mass is 387 g/mol. The molecule has 148 valence electrons. The second kappa shape index (κ2) is 8.73. The van der Waals surface area contributed by atoms with Crippen molar-refractivity contribution in [2.75, 3.05) is 23.3 Å². The van der Waals surface area contributed by atoms with Crippen LogP contribution in [-0.2, 0) is 6.54 Å². The average molecular weight is 387 g/mol. The first kappa shape index (κ1) is 18.9. The van der Waals surface area contributed by atoms with Gasteiger partial charge >= 0.3 is 0 Å². The molecule has 6 nitrogen and oxygen atoms in total. The Kier molecular flexibility index (Phi) is 5.70. The summed E-state index contributed by atoms with van der Waals surface area (Å²) in [7, 11) is 0. The summed E-state index contributed by atoms with van der Waals surface area (Å²) in [6, 6.07) is 18.0. The molecule has 0 radical (unpaired) electrons. The Morgan fingerprint density at radius 3 is 2.59 bits per heavy atom. The summed E-state index contributed by atoms with van der Waals surface area (Å²) in [4.78, 5) is 23.2. The minimum Gasteiger partial charge on any atom is -0.372 e. The van der Waals surface area contributed by atoms with Gasteiger partial charge in [-0.25, -0.2) is 9.97 Å². The molecule has 1 aromatic heterocycles. The van der Waals surface area contributed by atoms with Crippen LogP contribution in [-0.4, -0.2) is 29.0 Å². The lowest BCUT2D eigenvalue weighted by Gasteiger charge is -2.17. The number of hydrogen-bond acceptors (Lipinski definition) is 5. The number of hydrogen-bond donors (Lipinski definition) is 2. The predicted octanol–water partition coefficient (Wildman–Crippen LogP) is 4.06. The summed E-state index contributed by atoms with van der Waals surface area (Å²) in [5.74, 6) is 0.371. The second-order valence-electron chi connectivity index (χ2n) is 7.33. The van der Waals surface area contributed by atoms with Gasteiger partial charge in [-0.2, -0.15) is 0 Å². The number of rotatable bonds is 6. The van der Waals surface area contributed by atoms with Gasteiger partial charge in [0, 0.05) is 37.1 Å². The van der Waals surface area contributed by atoms with Crippen LogP contribution in [0.3, 0.4) is 0 Å². The van der Waals surface area contributed by atoms with E-state index >= 15 is 0 Å². The molecule has 0 bridgehead atoms. The lowest BCUT2D eigenvalue weighted by Crippen LogP contribution is -2.24.